The second-order valence-corrected chi connectivity index (χ2v) is 8.73. The Labute approximate surface area is 213 Å². The maximum Gasteiger partial charge on any atom is 0.432 e. The number of aryl methyl sites for hydroxylation is 1. The van der Waals surface area contributed by atoms with Gasteiger partial charge in [0.2, 0.25) is 0 Å². The number of halogens is 7. The van der Waals surface area contributed by atoms with E-state index in [1.54, 1.807) is 0 Å². The van der Waals surface area contributed by atoms with Crippen molar-refractivity contribution in [2.75, 3.05) is 26.4 Å². The van der Waals surface area contributed by atoms with Crippen molar-refractivity contribution in [2.45, 2.75) is 26.2 Å². The van der Waals surface area contributed by atoms with E-state index in [-0.39, 0.29) is 35.8 Å². The van der Waals surface area contributed by atoms with Crippen molar-refractivity contribution in [2.24, 2.45) is 5.92 Å². The van der Waals surface area contributed by atoms with E-state index < -0.39 is 58.4 Å². The van der Waals surface area contributed by atoms with E-state index in [2.05, 4.69) is 4.74 Å². The molecule has 38 heavy (non-hydrogen) atoms. The maximum atomic E-state index is 14.8. The summed E-state index contributed by atoms with van der Waals surface area (Å²) in [5.41, 5.74) is -2.57. The molecule has 11 heteroatoms. The first kappa shape index (κ1) is 27.9. The summed E-state index contributed by atoms with van der Waals surface area (Å²) in [7, 11) is 0. The Morgan fingerprint density at radius 2 is 1.45 bits per heavy atom. The number of rotatable bonds is 8. The molecule has 0 amide bonds. The van der Waals surface area contributed by atoms with Crippen LogP contribution in [-0.2, 0) is 20.3 Å². The minimum Gasteiger partial charge on any atom is -0.429 e. The molecule has 3 aromatic rings. The third kappa shape index (κ3) is 5.95. The van der Waals surface area contributed by atoms with Crippen molar-refractivity contribution >= 4 is 0 Å². The van der Waals surface area contributed by atoms with E-state index in [1.807, 2.05) is 6.92 Å². The summed E-state index contributed by atoms with van der Waals surface area (Å²) in [5.74, 6) is -7.91. The second-order valence-electron chi connectivity index (χ2n) is 8.73. The lowest BCUT2D eigenvalue weighted by atomic mass is 10.0. The van der Waals surface area contributed by atoms with Crippen LogP contribution in [-0.4, -0.2) is 26.4 Å². The average molecular weight is 544 g/mol. The number of benzene rings is 3. The molecule has 0 bridgehead atoms. The molecular weight excluding hydrogens is 521 g/mol. The molecule has 204 valence electrons. The van der Waals surface area contributed by atoms with Gasteiger partial charge in [0.05, 0.1) is 25.4 Å². The molecule has 0 radical (unpaired) electrons. The van der Waals surface area contributed by atoms with Crippen LogP contribution in [0.15, 0.2) is 42.5 Å². The molecule has 0 atom stereocenters. The maximum absolute atomic E-state index is 14.8. The van der Waals surface area contributed by atoms with Crippen LogP contribution in [0.2, 0.25) is 0 Å². The molecule has 4 nitrogen and oxygen atoms in total. The molecule has 0 spiro atoms. The zero-order valence-corrected chi connectivity index (χ0v) is 20.3. The van der Waals surface area contributed by atoms with E-state index >= 15 is 0 Å². The third-order valence-electron chi connectivity index (χ3n) is 5.87. The smallest absolute Gasteiger partial charge is 0.429 e. The molecule has 0 aromatic heterocycles. The van der Waals surface area contributed by atoms with Crippen LogP contribution >= 0.6 is 0 Å². The quantitative estimate of drug-likeness (QED) is 0.282. The van der Waals surface area contributed by atoms with Crippen LogP contribution in [0.3, 0.4) is 0 Å². The summed E-state index contributed by atoms with van der Waals surface area (Å²) in [4.78, 5) is 0. The minimum atomic E-state index is -4.65. The number of alkyl halides is 2. The van der Waals surface area contributed by atoms with E-state index in [0.29, 0.717) is 37.5 Å². The molecular formula is C27H23F7O4. The lowest BCUT2D eigenvalue weighted by molar-refractivity contribution is -0.212. The normalized spacial score (nSPS) is 18.0. The van der Waals surface area contributed by atoms with Crippen LogP contribution in [0.4, 0.5) is 30.7 Å². The average Bonchev–Trinajstić information content (AvgIpc) is 2.84. The monoisotopic (exact) mass is 544 g/mol. The highest BCUT2D eigenvalue weighted by atomic mass is 19.3. The second kappa shape index (κ2) is 11.3. The van der Waals surface area contributed by atoms with Crippen LogP contribution in [0.5, 0.6) is 5.75 Å². The lowest BCUT2D eigenvalue weighted by Crippen LogP contribution is -2.31. The highest BCUT2D eigenvalue weighted by Gasteiger charge is 2.42. The van der Waals surface area contributed by atoms with Crippen molar-refractivity contribution < 1.29 is 49.7 Å². The molecule has 1 aliphatic rings. The summed E-state index contributed by atoms with van der Waals surface area (Å²) in [6, 6.07) is 5.48. The van der Waals surface area contributed by atoms with Crippen LogP contribution in [0.25, 0.3) is 11.1 Å². The summed E-state index contributed by atoms with van der Waals surface area (Å²) < 4.78 is 123. The van der Waals surface area contributed by atoms with Gasteiger partial charge in [-0.2, -0.15) is 8.78 Å². The van der Waals surface area contributed by atoms with Gasteiger partial charge in [0.25, 0.3) is 0 Å². The van der Waals surface area contributed by atoms with Crippen LogP contribution < -0.4 is 4.74 Å². The Kier molecular flexibility index (Phi) is 8.29. The van der Waals surface area contributed by atoms with Gasteiger partial charge < -0.3 is 18.9 Å². The lowest BCUT2D eigenvalue weighted by Gasteiger charge is -2.30. The van der Waals surface area contributed by atoms with Crippen LogP contribution in [0, 0.1) is 41.9 Å². The van der Waals surface area contributed by atoms with Gasteiger partial charge >= 0.3 is 6.11 Å². The van der Waals surface area contributed by atoms with Gasteiger partial charge in [-0.3, -0.25) is 0 Å². The number of ether oxygens (including phenoxy) is 4. The molecule has 0 saturated carbocycles. The highest BCUT2D eigenvalue weighted by Crippen LogP contribution is 2.39. The number of hydrogen-bond acceptors (Lipinski definition) is 4. The van der Waals surface area contributed by atoms with E-state index in [1.165, 1.54) is 19.1 Å². The number of hydrogen-bond donors (Lipinski definition) is 0. The standard InChI is InChI=1S/C27H23F7O4/c1-3-35-11-15-12-36-26(37-13-15)17-7-22(31)25(23(32)8-17)27(33,34)38-18-9-20(29)24(21(30)10-18)16-5-4-14(2)19(28)6-16/h4-10,15,26H,3,11-13H2,1-2H3. The van der Waals surface area contributed by atoms with Gasteiger partial charge in [-0.05, 0) is 43.2 Å². The Hall–Kier alpha value is -3.15. The van der Waals surface area contributed by atoms with Crippen molar-refractivity contribution in [3.05, 3.63) is 88.2 Å². The predicted octanol–water partition coefficient (Wildman–Crippen LogP) is 7.18. The van der Waals surface area contributed by atoms with Crippen LogP contribution in [0.1, 0.15) is 29.9 Å². The highest BCUT2D eigenvalue weighted by molar-refractivity contribution is 5.66. The van der Waals surface area contributed by atoms with Crippen molar-refractivity contribution in [1.29, 1.82) is 0 Å². The largest absolute Gasteiger partial charge is 0.432 e. The first-order chi connectivity index (χ1) is 18.0. The zero-order chi connectivity index (χ0) is 27.6. The Balaban J connectivity index is 1.54. The molecule has 0 N–H and O–H groups in total. The molecule has 3 aromatic carbocycles. The summed E-state index contributed by atoms with van der Waals surface area (Å²) in [6.45, 7) is 4.44. The summed E-state index contributed by atoms with van der Waals surface area (Å²) in [6.07, 6.45) is -5.84. The summed E-state index contributed by atoms with van der Waals surface area (Å²) >= 11 is 0. The Morgan fingerprint density at radius 1 is 0.842 bits per heavy atom. The fourth-order valence-corrected chi connectivity index (χ4v) is 3.96. The fourth-order valence-electron chi connectivity index (χ4n) is 3.96. The van der Waals surface area contributed by atoms with Crippen molar-refractivity contribution in [3.63, 3.8) is 0 Å². The molecule has 0 unspecified atom stereocenters. The molecule has 1 fully saturated rings. The molecule has 1 aliphatic heterocycles. The first-order valence-electron chi connectivity index (χ1n) is 11.6. The van der Waals surface area contributed by atoms with Gasteiger partial charge in [-0.25, -0.2) is 22.0 Å². The van der Waals surface area contributed by atoms with E-state index in [4.69, 9.17) is 14.2 Å². The van der Waals surface area contributed by atoms with Gasteiger partial charge in [0.15, 0.2) is 6.29 Å². The summed E-state index contributed by atoms with van der Waals surface area (Å²) in [5, 5.41) is 0. The fraction of sp³-hybridized carbons (Fsp3) is 0.333. The van der Waals surface area contributed by atoms with Gasteiger partial charge in [-0.15, -0.1) is 0 Å². The van der Waals surface area contributed by atoms with Crippen molar-refractivity contribution in [1.82, 2.24) is 0 Å². The van der Waals surface area contributed by atoms with Gasteiger partial charge in [-0.1, -0.05) is 12.1 Å². The SMILES string of the molecule is CCOCC1COC(c2cc(F)c(C(F)(F)Oc3cc(F)c(-c4ccc(C)c(F)c4)c(F)c3)c(F)c2)OC1. The third-order valence-corrected chi connectivity index (χ3v) is 5.87. The van der Waals surface area contributed by atoms with E-state index in [9.17, 15) is 30.7 Å². The zero-order valence-electron chi connectivity index (χ0n) is 20.3. The molecule has 4 rings (SSSR count). The van der Waals surface area contributed by atoms with Gasteiger partial charge in [0, 0.05) is 30.2 Å². The van der Waals surface area contributed by atoms with E-state index in [0.717, 1.165) is 6.07 Å². The topological polar surface area (TPSA) is 36.9 Å². The molecule has 0 aliphatic carbocycles. The molecule has 1 heterocycles. The Morgan fingerprint density at radius 3 is 2.00 bits per heavy atom. The first-order valence-corrected chi connectivity index (χ1v) is 11.6. The molecule has 1 saturated heterocycles. The minimum absolute atomic E-state index is 0.102. The predicted molar refractivity (Wildman–Crippen MR) is 122 cm³/mol. The Bertz CT molecular complexity index is 1260. The van der Waals surface area contributed by atoms with Crippen molar-refractivity contribution in [3.8, 4) is 16.9 Å². The van der Waals surface area contributed by atoms with Gasteiger partial charge in [0.1, 0.15) is 40.4 Å².